The predicted octanol–water partition coefficient (Wildman–Crippen LogP) is 8.69. The molecule has 1 aromatic carbocycles. The molecule has 1 saturated carbocycles. The minimum Gasteiger partial charge on any atom is -0.368 e. The van der Waals surface area contributed by atoms with E-state index in [1.54, 1.807) is 0 Å². The largest absolute Gasteiger partial charge is 0.368 e. The third-order valence-electron chi connectivity index (χ3n) is 6.25. The van der Waals surface area contributed by atoms with E-state index in [9.17, 15) is 9.18 Å². The van der Waals surface area contributed by atoms with Crippen LogP contribution in [0.25, 0.3) is 0 Å². The Labute approximate surface area is 203 Å². The van der Waals surface area contributed by atoms with Gasteiger partial charge in [0.1, 0.15) is 5.78 Å². The minimum absolute atomic E-state index is 0.124. The number of anilines is 1. The Morgan fingerprint density at radius 3 is 2.03 bits per heavy atom. The van der Waals surface area contributed by atoms with Crippen molar-refractivity contribution in [3.05, 3.63) is 23.5 Å². The molecule has 0 aromatic heterocycles. The van der Waals surface area contributed by atoms with Gasteiger partial charge in [0.2, 0.25) is 0 Å². The number of rotatable bonds is 5. The molecule has 0 radical (unpaired) electrons. The fraction of sp³-hybridized carbons (Fsp3) is 0.724. The molecule has 33 heavy (non-hydrogen) atoms. The summed E-state index contributed by atoms with van der Waals surface area (Å²) in [5.41, 5.74) is 3.61. The van der Waals surface area contributed by atoms with Crippen molar-refractivity contribution in [1.82, 2.24) is 0 Å². The van der Waals surface area contributed by atoms with E-state index in [1.807, 2.05) is 32.9 Å². The van der Waals surface area contributed by atoms with Gasteiger partial charge in [-0.05, 0) is 49.1 Å². The highest BCUT2D eigenvalue weighted by Crippen LogP contribution is 2.37. The Morgan fingerprint density at radius 2 is 1.70 bits per heavy atom. The summed E-state index contributed by atoms with van der Waals surface area (Å²) < 4.78 is 14.4. The zero-order chi connectivity index (χ0) is 25.4. The lowest BCUT2D eigenvalue weighted by atomic mass is 9.84. The van der Waals surface area contributed by atoms with Gasteiger partial charge in [0.15, 0.2) is 5.82 Å². The third kappa shape index (κ3) is 10.4. The molecule has 0 spiro atoms. The maximum Gasteiger partial charge on any atom is 0.151 e. The number of hydrogen-bond donors (Lipinski definition) is 0. The lowest BCUT2D eigenvalue weighted by Crippen LogP contribution is -2.53. The Kier molecular flexibility index (Phi) is 11.3. The number of carbonyl (C=O) groups is 1. The molecule has 4 heteroatoms. The molecule has 3 nitrogen and oxygen atoms in total. The van der Waals surface area contributed by atoms with Crippen molar-refractivity contribution < 1.29 is 9.18 Å². The van der Waals surface area contributed by atoms with E-state index < -0.39 is 0 Å². The Hall–Kier alpha value is -1.71. The Morgan fingerprint density at radius 1 is 1.15 bits per heavy atom. The first kappa shape index (κ1) is 29.3. The number of aliphatic imine (C=N–C) groups is 1. The molecule has 0 atom stereocenters. The van der Waals surface area contributed by atoms with Crippen molar-refractivity contribution >= 4 is 22.9 Å². The summed E-state index contributed by atoms with van der Waals surface area (Å²) in [5, 5.41) is 0. The van der Waals surface area contributed by atoms with Crippen LogP contribution in [0.3, 0.4) is 0 Å². The van der Waals surface area contributed by atoms with Gasteiger partial charge < -0.3 is 4.90 Å². The molecule has 1 saturated heterocycles. The van der Waals surface area contributed by atoms with Gasteiger partial charge in [-0.2, -0.15) is 0 Å². The van der Waals surface area contributed by atoms with Crippen molar-refractivity contribution in [2.75, 3.05) is 18.0 Å². The standard InChI is InChI=1S/C16H23FN2.C8H16O.C5H10/c1-6-11(2)18-13-7-8-14(15(17)12(13)3)19-9-16(4,5)10-19;1-5-7(9)6-8(2,3)4;1-5-3-2-4-5/h7-8H,6,9-10H2,1-5H3;5-6H2,1-4H3;5H,2-4H2,1H3. The lowest BCUT2D eigenvalue weighted by molar-refractivity contribution is -0.120. The van der Waals surface area contributed by atoms with E-state index in [-0.39, 0.29) is 11.2 Å². The number of carbonyl (C=O) groups excluding carboxylic acids is 1. The van der Waals surface area contributed by atoms with Gasteiger partial charge in [0.05, 0.1) is 11.4 Å². The summed E-state index contributed by atoms with van der Waals surface area (Å²) in [6.07, 6.45) is 6.74. The van der Waals surface area contributed by atoms with Crippen LogP contribution in [0.15, 0.2) is 17.1 Å². The highest BCUT2D eigenvalue weighted by atomic mass is 19.1. The van der Waals surface area contributed by atoms with Crippen LogP contribution in [0.2, 0.25) is 0 Å². The van der Waals surface area contributed by atoms with Gasteiger partial charge >= 0.3 is 0 Å². The van der Waals surface area contributed by atoms with Crippen LogP contribution in [0.1, 0.15) is 106 Å². The van der Waals surface area contributed by atoms with Gasteiger partial charge in [-0.25, -0.2) is 4.39 Å². The Balaban J connectivity index is 0.000000320. The molecular formula is C29H49FN2O. The number of hydrogen-bond acceptors (Lipinski definition) is 3. The predicted molar refractivity (Wildman–Crippen MR) is 143 cm³/mol. The normalized spacial score (nSPS) is 17.7. The average molecular weight is 461 g/mol. The summed E-state index contributed by atoms with van der Waals surface area (Å²) >= 11 is 0. The molecule has 3 rings (SSSR count). The highest BCUT2D eigenvalue weighted by Gasteiger charge is 2.35. The number of ketones is 1. The first-order valence-electron chi connectivity index (χ1n) is 12.8. The fourth-order valence-electron chi connectivity index (χ4n) is 3.80. The van der Waals surface area contributed by atoms with Crippen LogP contribution in [0, 0.1) is 29.5 Å². The number of halogens is 1. The van der Waals surface area contributed by atoms with E-state index in [0.717, 1.165) is 36.8 Å². The number of benzene rings is 1. The zero-order valence-electron chi connectivity index (χ0n) is 23.1. The van der Waals surface area contributed by atoms with E-state index in [4.69, 9.17) is 0 Å². The monoisotopic (exact) mass is 460 g/mol. The average Bonchev–Trinajstić information content (AvgIpc) is 2.67. The molecule has 2 aliphatic rings. The van der Waals surface area contributed by atoms with Gasteiger partial charge in [0, 0.05) is 37.2 Å². The van der Waals surface area contributed by atoms with Gasteiger partial charge in [0.25, 0.3) is 0 Å². The topological polar surface area (TPSA) is 32.7 Å². The van der Waals surface area contributed by atoms with E-state index >= 15 is 0 Å². The molecule has 2 fully saturated rings. The summed E-state index contributed by atoms with van der Waals surface area (Å²) in [5.74, 6) is 1.30. The molecule has 0 N–H and O–H groups in total. The molecule has 1 aliphatic heterocycles. The first-order chi connectivity index (χ1) is 15.2. The molecule has 0 amide bonds. The fourth-order valence-corrected chi connectivity index (χ4v) is 3.80. The molecule has 0 unspecified atom stereocenters. The minimum atomic E-state index is -0.124. The zero-order valence-corrected chi connectivity index (χ0v) is 23.1. The second-order valence-electron chi connectivity index (χ2n) is 11.9. The first-order valence-corrected chi connectivity index (χ1v) is 12.8. The third-order valence-corrected chi connectivity index (χ3v) is 6.25. The smallest absolute Gasteiger partial charge is 0.151 e. The lowest BCUT2D eigenvalue weighted by Gasteiger charge is -2.47. The molecule has 0 bridgehead atoms. The van der Waals surface area contributed by atoms with E-state index in [0.29, 0.717) is 35.3 Å². The Bertz CT molecular complexity index is 793. The molecule has 1 aliphatic carbocycles. The van der Waals surface area contributed by atoms with Crippen molar-refractivity contribution in [2.45, 2.75) is 108 Å². The summed E-state index contributed by atoms with van der Waals surface area (Å²) in [6.45, 7) is 22.6. The van der Waals surface area contributed by atoms with Crippen molar-refractivity contribution in [1.29, 1.82) is 0 Å². The van der Waals surface area contributed by atoms with Crippen LogP contribution < -0.4 is 4.90 Å². The van der Waals surface area contributed by atoms with E-state index in [1.165, 1.54) is 19.3 Å². The van der Waals surface area contributed by atoms with Crippen molar-refractivity contribution in [2.24, 2.45) is 21.7 Å². The second kappa shape index (κ2) is 12.7. The van der Waals surface area contributed by atoms with Crippen LogP contribution in [-0.4, -0.2) is 24.6 Å². The maximum absolute atomic E-state index is 14.4. The van der Waals surface area contributed by atoms with Crippen LogP contribution in [-0.2, 0) is 4.79 Å². The van der Waals surface area contributed by atoms with E-state index in [2.05, 4.69) is 58.4 Å². The van der Waals surface area contributed by atoms with Crippen molar-refractivity contribution in [3.63, 3.8) is 0 Å². The van der Waals surface area contributed by atoms with Gasteiger partial charge in [-0.1, -0.05) is 74.7 Å². The van der Waals surface area contributed by atoms with Crippen molar-refractivity contribution in [3.8, 4) is 0 Å². The molecule has 1 heterocycles. The quantitative estimate of drug-likeness (QED) is 0.412. The molecular weight excluding hydrogens is 411 g/mol. The van der Waals surface area contributed by atoms with Gasteiger partial charge in [-0.15, -0.1) is 0 Å². The summed E-state index contributed by atoms with van der Waals surface area (Å²) in [4.78, 5) is 17.4. The molecule has 1 aromatic rings. The summed E-state index contributed by atoms with van der Waals surface area (Å²) in [7, 11) is 0. The second-order valence-corrected chi connectivity index (χ2v) is 11.9. The van der Waals surface area contributed by atoms with Gasteiger partial charge in [-0.3, -0.25) is 9.79 Å². The number of Topliss-reactive ketones (excluding diaryl/α,β-unsaturated/α-hetero) is 1. The van der Waals surface area contributed by atoms with Crippen LogP contribution in [0.5, 0.6) is 0 Å². The molecule has 188 valence electrons. The SMILES string of the molecule is CC1CCC1.CCC(=O)CC(C)(C)C.CCC(C)=Nc1ccc(N2CC(C)(C)C2)c(F)c1C. The van der Waals surface area contributed by atoms with Crippen LogP contribution in [0.4, 0.5) is 15.8 Å². The highest BCUT2D eigenvalue weighted by molar-refractivity contribution is 5.85. The number of nitrogens with zero attached hydrogens (tertiary/aromatic N) is 2. The summed E-state index contributed by atoms with van der Waals surface area (Å²) in [6, 6.07) is 3.79. The maximum atomic E-state index is 14.4. The van der Waals surface area contributed by atoms with Crippen LogP contribution >= 0.6 is 0 Å².